The number of para-hydroxylation sites is 1. The third-order valence-electron chi connectivity index (χ3n) is 4.30. The second-order valence-corrected chi connectivity index (χ2v) is 7.04. The molecule has 0 spiro atoms. The SMILES string of the molecule is CCOc1ccc(N2C(=O)C(Nc3ccccc3)=C(c3cccs3)C2=O)cc1. The van der Waals surface area contributed by atoms with Gasteiger partial charge < -0.3 is 10.1 Å². The van der Waals surface area contributed by atoms with Crippen LogP contribution < -0.4 is 15.0 Å². The van der Waals surface area contributed by atoms with Gasteiger partial charge in [-0.3, -0.25) is 9.59 Å². The molecule has 0 radical (unpaired) electrons. The molecule has 0 bridgehead atoms. The molecule has 1 N–H and O–H groups in total. The molecule has 1 aromatic heterocycles. The highest BCUT2D eigenvalue weighted by Gasteiger charge is 2.40. The predicted octanol–water partition coefficient (Wildman–Crippen LogP) is 4.54. The van der Waals surface area contributed by atoms with Crippen molar-refractivity contribution >= 4 is 40.1 Å². The zero-order valence-electron chi connectivity index (χ0n) is 15.2. The first-order valence-corrected chi connectivity index (χ1v) is 9.79. The van der Waals surface area contributed by atoms with Crippen molar-refractivity contribution < 1.29 is 14.3 Å². The first-order chi connectivity index (χ1) is 13.7. The summed E-state index contributed by atoms with van der Waals surface area (Å²) in [6.07, 6.45) is 0. The van der Waals surface area contributed by atoms with Gasteiger partial charge in [-0.2, -0.15) is 0 Å². The van der Waals surface area contributed by atoms with E-state index in [1.807, 2.05) is 54.8 Å². The van der Waals surface area contributed by atoms with Gasteiger partial charge >= 0.3 is 0 Å². The molecular formula is C22H18N2O3S. The fraction of sp³-hybridized carbons (Fsp3) is 0.0909. The maximum Gasteiger partial charge on any atom is 0.282 e. The molecule has 2 aromatic carbocycles. The molecule has 0 fully saturated rings. The molecule has 1 aliphatic rings. The molecule has 1 aliphatic heterocycles. The maximum absolute atomic E-state index is 13.2. The zero-order valence-corrected chi connectivity index (χ0v) is 16.0. The smallest absolute Gasteiger partial charge is 0.282 e. The summed E-state index contributed by atoms with van der Waals surface area (Å²) in [5, 5.41) is 5.03. The Morgan fingerprint density at radius 2 is 1.68 bits per heavy atom. The fourth-order valence-electron chi connectivity index (χ4n) is 3.05. The summed E-state index contributed by atoms with van der Waals surface area (Å²) in [5.41, 5.74) is 1.93. The van der Waals surface area contributed by atoms with Crippen LogP contribution in [0.4, 0.5) is 11.4 Å². The second-order valence-electron chi connectivity index (χ2n) is 6.09. The van der Waals surface area contributed by atoms with Gasteiger partial charge in [-0.25, -0.2) is 4.90 Å². The lowest BCUT2D eigenvalue weighted by molar-refractivity contribution is -0.120. The summed E-state index contributed by atoms with van der Waals surface area (Å²) < 4.78 is 5.45. The second kappa shape index (κ2) is 7.70. The topological polar surface area (TPSA) is 58.6 Å². The minimum absolute atomic E-state index is 0.285. The summed E-state index contributed by atoms with van der Waals surface area (Å²) >= 11 is 1.43. The molecule has 140 valence electrons. The maximum atomic E-state index is 13.2. The third-order valence-corrected chi connectivity index (χ3v) is 5.19. The van der Waals surface area contributed by atoms with Crippen LogP contribution in [0.3, 0.4) is 0 Å². The van der Waals surface area contributed by atoms with Crippen molar-refractivity contribution in [3.05, 3.63) is 82.7 Å². The Morgan fingerprint density at radius 1 is 0.929 bits per heavy atom. The number of nitrogens with one attached hydrogen (secondary N) is 1. The average molecular weight is 390 g/mol. The van der Waals surface area contributed by atoms with Crippen molar-refractivity contribution in [2.75, 3.05) is 16.8 Å². The van der Waals surface area contributed by atoms with E-state index in [4.69, 9.17) is 4.74 Å². The van der Waals surface area contributed by atoms with Crippen LogP contribution in [-0.2, 0) is 9.59 Å². The Labute approximate surface area is 166 Å². The quantitative estimate of drug-likeness (QED) is 0.628. The normalized spacial score (nSPS) is 14.0. The Balaban J connectivity index is 1.73. The van der Waals surface area contributed by atoms with E-state index in [1.165, 1.54) is 16.2 Å². The Kier molecular flexibility index (Phi) is 4.95. The molecule has 6 heteroatoms. The number of nitrogens with zero attached hydrogens (tertiary/aromatic N) is 1. The number of rotatable bonds is 6. The molecule has 0 atom stereocenters. The molecule has 3 aromatic rings. The standard InChI is InChI=1S/C22H18N2O3S/c1-2-27-17-12-10-16(11-13-17)24-21(25)19(18-9-6-14-28-18)20(22(24)26)23-15-7-4-3-5-8-15/h3-14,23H,2H2,1H3. The van der Waals surface area contributed by atoms with Crippen molar-refractivity contribution in [2.24, 2.45) is 0 Å². The first kappa shape index (κ1) is 18.0. The van der Waals surface area contributed by atoms with E-state index in [-0.39, 0.29) is 17.5 Å². The van der Waals surface area contributed by atoms with E-state index in [0.29, 0.717) is 23.6 Å². The van der Waals surface area contributed by atoms with Gasteiger partial charge in [0, 0.05) is 10.6 Å². The number of carbonyl (C=O) groups excluding carboxylic acids is 2. The highest BCUT2D eigenvalue weighted by atomic mass is 32.1. The van der Waals surface area contributed by atoms with Crippen LogP contribution in [0.2, 0.25) is 0 Å². The number of hydrogen-bond acceptors (Lipinski definition) is 5. The molecule has 0 unspecified atom stereocenters. The van der Waals surface area contributed by atoms with E-state index < -0.39 is 0 Å². The summed E-state index contributed by atoms with van der Waals surface area (Å²) in [5.74, 6) is -0.0177. The van der Waals surface area contributed by atoms with Crippen LogP contribution in [0.5, 0.6) is 5.75 Å². The van der Waals surface area contributed by atoms with Gasteiger partial charge in [-0.05, 0) is 54.8 Å². The molecule has 2 amide bonds. The molecular weight excluding hydrogens is 372 g/mol. The lowest BCUT2D eigenvalue weighted by Gasteiger charge is -2.16. The van der Waals surface area contributed by atoms with Gasteiger partial charge in [-0.15, -0.1) is 11.3 Å². The summed E-state index contributed by atoms with van der Waals surface area (Å²) in [6, 6.07) is 20.0. The summed E-state index contributed by atoms with van der Waals surface area (Å²) in [6.45, 7) is 2.45. The third kappa shape index (κ3) is 3.30. The van der Waals surface area contributed by atoms with E-state index in [0.717, 1.165) is 10.6 Å². The first-order valence-electron chi connectivity index (χ1n) is 8.91. The van der Waals surface area contributed by atoms with Crippen LogP contribution >= 0.6 is 11.3 Å². The van der Waals surface area contributed by atoms with E-state index >= 15 is 0 Å². The number of ether oxygens (including phenoxy) is 1. The van der Waals surface area contributed by atoms with Crippen LogP contribution in [0.1, 0.15) is 11.8 Å². The van der Waals surface area contributed by atoms with E-state index in [9.17, 15) is 9.59 Å². The van der Waals surface area contributed by atoms with E-state index in [1.54, 1.807) is 24.3 Å². The van der Waals surface area contributed by atoms with E-state index in [2.05, 4.69) is 5.32 Å². The molecule has 0 saturated heterocycles. The molecule has 5 nitrogen and oxygen atoms in total. The molecule has 4 rings (SSSR count). The predicted molar refractivity (Wildman–Crippen MR) is 111 cm³/mol. The minimum atomic E-state index is -0.374. The summed E-state index contributed by atoms with van der Waals surface area (Å²) in [4.78, 5) is 28.4. The molecule has 0 aliphatic carbocycles. The van der Waals surface area contributed by atoms with Crippen molar-refractivity contribution in [2.45, 2.75) is 6.92 Å². The van der Waals surface area contributed by atoms with Gasteiger partial charge in [0.25, 0.3) is 11.8 Å². The van der Waals surface area contributed by atoms with Gasteiger partial charge in [0.2, 0.25) is 0 Å². The number of carbonyl (C=O) groups is 2. The number of anilines is 2. The zero-order chi connectivity index (χ0) is 19.5. The lowest BCUT2D eigenvalue weighted by atomic mass is 10.2. The van der Waals surface area contributed by atoms with Crippen molar-refractivity contribution in [3.8, 4) is 5.75 Å². The number of imide groups is 1. The Hall–Kier alpha value is -3.38. The average Bonchev–Trinajstić information content (AvgIpc) is 3.31. The van der Waals surface area contributed by atoms with Crippen LogP contribution in [0, 0.1) is 0 Å². The highest BCUT2D eigenvalue weighted by molar-refractivity contribution is 7.11. The number of hydrogen-bond donors (Lipinski definition) is 1. The van der Waals surface area contributed by atoms with Gasteiger partial charge in [0.1, 0.15) is 11.4 Å². The van der Waals surface area contributed by atoms with Crippen LogP contribution in [0.15, 0.2) is 77.8 Å². The monoisotopic (exact) mass is 390 g/mol. The van der Waals surface area contributed by atoms with Gasteiger partial charge in [-0.1, -0.05) is 24.3 Å². The Bertz CT molecular complexity index is 1030. The molecule has 28 heavy (non-hydrogen) atoms. The highest BCUT2D eigenvalue weighted by Crippen LogP contribution is 2.35. The summed E-state index contributed by atoms with van der Waals surface area (Å²) in [7, 11) is 0. The lowest BCUT2D eigenvalue weighted by Crippen LogP contribution is -2.32. The molecule has 2 heterocycles. The number of amides is 2. The number of benzene rings is 2. The van der Waals surface area contributed by atoms with Crippen LogP contribution in [-0.4, -0.2) is 18.4 Å². The molecule has 0 saturated carbocycles. The van der Waals surface area contributed by atoms with Gasteiger partial charge in [0.15, 0.2) is 0 Å². The Morgan fingerprint density at radius 3 is 2.32 bits per heavy atom. The van der Waals surface area contributed by atoms with Crippen molar-refractivity contribution in [3.63, 3.8) is 0 Å². The van der Waals surface area contributed by atoms with Crippen molar-refractivity contribution in [1.82, 2.24) is 0 Å². The number of thiophene rings is 1. The largest absolute Gasteiger partial charge is 0.494 e. The fourth-order valence-corrected chi connectivity index (χ4v) is 3.82. The van der Waals surface area contributed by atoms with Crippen molar-refractivity contribution in [1.29, 1.82) is 0 Å². The van der Waals surface area contributed by atoms with Gasteiger partial charge in [0.05, 0.1) is 17.9 Å². The van der Waals surface area contributed by atoms with Crippen LogP contribution in [0.25, 0.3) is 5.57 Å². The minimum Gasteiger partial charge on any atom is -0.494 e.